The average molecular weight is 297 g/mol. The summed E-state index contributed by atoms with van der Waals surface area (Å²) in [6.45, 7) is 1.37. The summed E-state index contributed by atoms with van der Waals surface area (Å²) in [4.78, 5) is 12.5. The van der Waals surface area contributed by atoms with E-state index in [9.17, 15) is 4.79 Å². The van der Waals surface area contributed by atoms with E-state index in [0.29, 0.717) is 18.2 Å². The van der Waals surface area contributed by atoms with Gasteiger partial charge in [0.25, 0.3) is 5.91 Å². The van der Waals surface area contributed by atoms with E-state index in [-0.39, 0.29) is 5.91 Å². The van der Waals surface area contributed by atoms with Gasteiger partial charge in [0.1, 0.15) is 5.82 Å². The Hall–Kier alpha value is -2.14. The molecule has 4 rings (SSSR count). The molecule has 1 aliphatic heterocycles. The average Bonchev–Trinajstić information content (AvgIpc) is 2.93. The van der Waals surface area contributed by atoms with Crippen LogP contribution in [0.5, 0.6) is 0 Å². The largest absolute Gasteiger partial charge is 0.376 e. The second-order valence-corrected chi connectivity index (χ2v) is 5.99. The minimum atomic E-state index is -0.0737. The predicted molar refractivity (Wildman–Crippen MR) is 82.9 cm³/mol. The maximum Gasteiger partial charge on any atom is 0.256 e. The summed E-state index contributed by atoms with van der Waals surface area (Å²) < 4.78 is 7.37. The smallest absolute Gasteiger partial charge is 0.256 e. The number of rotatable bonds is 3. The van der Waals surface area contributed by atoms with Crippen LogP contribution in [-0.2, 0) is 17.8 Å². The van der Waals surface area contributed by atoms with Crippen molar-refractivity contribution in [3.63, 3.8) is 0 Å². The van der Waals surface area contributed by atoms with Gasteiger partial charge in [-0.1, -0.05) is 6.07 Å². The molecule has 1 N–H and O–H groups in total. The van der Waals surface area contributed by atoms with Crippen LogP contribution in [-0.4, -0.2) is 22.3 Å². The van der Waals surface area contributed by atoms with E-state index < -0.39 is 0 Å². The highest BCUT2D eigenvalue weighted by atomic mass is 16.5. The van der Waals surface area contributed by atoms with Crippen molar-refractivity contribution in [3.8, 4) is 0 Å². The Balaban J connectivity index is 1.53. The molecular weight excluding hydrogens is 278 g/mol. The quantitative estimate of drug-likeness (QED) is 0.947. The molecule has 1 aromatic carbocycles. The third-order valence-corrected chi connectivity index (χ3v) is 4.57. The molecule has 1 amide bonds. The lowest BCUT2D eigenvalue weighted by Crippen LogP contribution is -2.23. The molecule has 1 aliphatic carbocycles. The van der Waals surface area contributed by atoms with Crippen LogP contribution in [0.4, 0.5) is 5.82 Å². The molecule has 2 aromatic rings. The highest BCUT2D eigenvalue weighted by Gasteiger charge is 2.23. The highest BCUT2D eigenvalue weighted by molar-refractivity contribution is 6.04. The van der Waals surface area contributed by atoms with Crippen LogP contribution in [0.1, 0.15) is 46.8 Å². The SMILES string of the molecule is O=C(Nc1ccnn1C1CCC1)c1ccc2c(c1)CCOC2. The minimum absolute atomic E-state index is 0.0737. The van der Waals surface area contributed by atoms with E-state index in [0.717, 1.165) is 31.7 Å². The van der Waals surface area contributed by atoms with Gasteiger partial charge in [0.15, 0.2) is 0 Å². The summed E-state index contributed by atoms with van der Waals surface area (Å²) >= 11 is 0. The molecule has 22 heavy (non-hydrogen) atoms. The molecule has 0 atom stereocenters. The number of hydrogen-bond donors (Lipinski definition) is 1. The van der Waals surface area contributed by atoms with Crippen molar-refractivity contribution in [2.75, 3.05) is 11.9 Å². The van der Waals surface area contributed by atoms with Crippen LogP contribution in [0, 0.1) is 0 Å². The summed E-state index contributed by atoms with van der Waals surface area (Å²) in [5.41, 5.74) is 3.09. The van der Waals surface area contributed by atoms with E-state index in [1.165, 1.54) is 17.5 Å². The highest BCUT2D eigenvalue weighted by Crippen LogP contribution is 2.33. The summed E-state index contributed by atoms with van der Waals surface area (Å²) in [7, 11) is 0. The predicted octanol–water partition coefficient (Wildman–Crippen LogP) is 2.93. The molecule has 5 heteroatoms. The number of aromatic nitrogens is 2. The van der Waals surface area contributed by atoms with Crippen LogP contribution in [0.3, 0.4) is 0 Å². The van der Waals surface area contributed by atoms with Crippen LogP contribution in [0.2, 0.25) is 0 Å². The number of amides is 1. The number of fused-ring (bicyclic) bond motifs is 1. The molecule has 114 valence electrons. The molecule has 0 unspecified atom stereocenters. The van der Waals surface area contributed by atoms with Crippen molar-refractivity contribution in [2.24, 2.45) is 0 Å². The molecule has 1 saturated carbocycles. The Labute approximate surface area is 129 Å². The number of nitrogens with zero attached hydrogens (tertiary/aromatic N) is 2. The molecule has 0 spiro atoms. The summed E-state index contributed by atoms with van der Waals surface area (Å²) in [5.74, 6) is 0.714. The molecule has 0 bridgehead atoms. The molecule has 0 radical (unpaired) electrons. The lowest BCUT2D eigenvalue weighted by Gasteiger charge is -2.27. The standard InChI is InChI=1S/C17H19N3O2/c21-17(13-4-5-14-11-22-9-7-12(14)10-13)19-16-6-8-18-20(16)15-2-1-3-15/h4-6,8,10,15H,1-3,7,9,11H2,(H,19,21). The fourth-order valence-electron chi connectivity index (χ4n) is 3.03. The van der Waals surface area contributed by atoms with E-state index in [1.54, 1.807) is 6.20 Å². The lowest BCUT2D eigenvalue weighted by molar-refractivity contribution is 0.102. The number of hydrogen-bond acceptors (Lipinski definition) is 3. The fraction of sp³-hybridized carbons (Fsp3) is 0.412. The molecule has 1 fully saturated rings. The second kappa shape index (κ2) is 5.57. The number of carbonyl (C=O) groups excluding carboxylic acids is 1. The van der Waals surface area contributed by atoms with Crippen LogP contribution >= 0.6 is 0 Å². The molecular formula is C17H19N3O2. The lowest BCUT2D eigenvalue weighted by atomic mass is 9.93. The van der Waals surface area contributed by atoms with E-state index in [4.69, 9.17) is 4.74 Å². The number of carbonyl (C=O) groups is 1. The Morgan fingerprint density at radius 3 is 3.00 bits per heavy atom. The summed E-state index contributed by atoms with van der Waals surface area (Å²) in [5, 5.41) is 7.33. The van der Waals surface area contributed by atoms with Gasteiger partial charge >= 0.3 is 0 Å². The van der Waals surface area contributed by atoms with E-state index in [1.807, 2.05) is 28.9 Å². The van der Waals surface area contributed by atoms with Gasteiger partial charge in [-0.25, -0.2) is 4.68 Å². The van der Waals surface area contributed by atoms with Crippen molar-refractivity contribution in [1.82, 2.24) is 9.78 Å². The van der Waals surface area contributed by atoms with Crippen molar-refractivity contribution in [3.05, 3.63) is 47.2 Å². The molecule has 0 saturated heterocycles. The van der Waals surface area contributed by atoms with Gasteiger partial charge in [-0.3, -0.25) is 4.79 Å². The Bertz CT molecular complexity index is 704. The third-order valence-electron chi connectivity index (χ3n) is 4.57. The van der Waals surface area contributed by atoms with Crippen molar-refractivity contribution < 1.29 is 9.53 Å². The summed E-state index contributed by atoms with van der Waals surface area (Å²) in [6.07, 6.45) is 6.15. The number of nitrogens with one attached hydrogen (secondary N) is 1. The molecule has 2 aliphatic rings. The number of ether oxygens (including phenoxy) is 1. The maximum atomic E-state index is 12.5. The van der Waals surface area contributed by atoms with Crippen LogP contribution < -0.4 is 5.32 Å². The first-order chi connectivity index (χ1) is 10.8. The molecule has 1 aromatic heterocycles. The van der Waals surface area contributed by atoms with Crippen LogP contribution in [0.15, 0.2) is 30.5 Å². The van der Waals surface area contributed by atoms with Crippen molar-refractivity contribution in [1.29, 1.82) is 0 Å². The molecule has 2 heterocycles. The second-order valence-electron chi connectivity index (χ2n) is 5.99. The zero-order valence-corrected chi connectivity index (χ0v) is 12.4. The van der Waals surface area contributed by atoms with Crippen molar-refractivity contribution >= 4 is 11.7 Å². The zero-order valence-electron chi connectivity index (χ0n) is 12.4. The Kier molecular flexibility index (Phi) is 3.42. The van der Waals surface area contributed by atoms with Gasteiger partial charge in [-0.15, -0.1) is 0 Å². The molecule has 5 nitrogen and oxygen atoms in total. The van der Waals surface area contributed by atoms with Gasteiger partial charge in [-0.2, -0.15) is 5.10 Å². The number of anilines is 1. The Morgan fingerprint density at radius 2 is 2.18 bits per heavy atom. The van der Waals surface area contributed by atoms with Gasteiger partial charge in [0.2, 0.25) is 0 Å². The monoisotopic (exact) mass is 297 g/mol. The normalized spacial score (nSPS) is 17.6. The topological polar surface area (TPSA) is 56.2 Å². The van der Waals surface area contributed by atoms with Gasteiger partial charge in [-0.05, 0) is 48.9 Å². The minimum Gasteiger partial charge on any atom is -0.376 e. The van der Waals surface area contributed by atoms with E-state index >= 15 is 0 Å². The fourth-order valence-corrected chi connectivity index (χ4v) is 3.03. The van der Waals surface area contributed by atoms with Crippen molar-refractivity contribution in [2.45, 2.75) is 38.3 Å². The maximum absolute atomic E-state index is 12.5. The third kappa shape index (κ3) is 2.41. The zero-order chi connectivity index (χ0) is 14.9. The number of benzene rings is 1. The van der Waals surface area contributed by atoms with Gasteiger partial charge < -0.3 is 10.1 Å². The Morgan fingerprint density at radius 1 is 1.27 bits per heavy atom. The van der Waals surface area contributed by atoms with E-state index in [2.05, 4.69) is 10.4 Å². The summed E-state index contributed by atoms with van der Waals surface area (Å²) in [6, 6.07) is 8.14. The van der Waals surface area contributed by atoms with Crippen LogP contribution in [0.25, 0.3) is 0 Å². The van der Waals surface area contributed by atoms with Gasteiger partial charge in [0.05, 0.1) is 25.5 Å². The first-order valence-electron chi connectivity index (χ1n) is 7.86. The van der Waals surface area contributed by atoms with Gasteiger partial charge in [0, 0.05) is 11.6 Å². The first kappa shape index (κ1) is 13.5. The first-order valence-corrected chi connectivity index (χ1v) is 7.86.